The second kappa shape index (κ2) is 5.61. The summed E-state index contributed by atoms with van der Waals surface area (Å²) in [7, 11) is 0. The molecule has 1 fully saturated rings. The molecule has 1 aliphatic heterocycles. The van der Waals surface area contributed by atoms with Crippen LogP contribution in [0.3, 0.4) is 0 Å². The fraction of sp³-hybridized carbons (Fsp3) is 0.571. The Bertz CT molecular complexity index is 372. The number of benzene rings is 1. The largest absolute Gasteiger partial charge is 0.388 e. The van der Waals surface area contributed by atoms with Crippen LogP contribution in [0.5, 0.6) is 0 Å². The zero-order valence-corrected chi connectivity index (χ0v) is 10.2. The molecule has 0 aliphatic carbocycles. The van der Waals surface area contributed by atoms with Crippen LogP contribution >= 0.6 is 0 Å². The van der Waals surface area contributed by atoms with Gasteiger partial charge in [-0.25, -0.2) is 4.39 Å². The molecule has 1 aromatic rings. The maximum atomic E-state index is 13.1. The number of aliphatic hydroxyl groups excluding tert-OH is 1. The number of aryl methyl sites for hydroxylation is 1. The van der Waals surface area contributed by atoms with E-state index in [0.717, 1.165) is 31.4 Å². The van der Waals surface area contributed by atoms with E-state index in [1.807, 2.05) is 6.92 Å². The zero-order valence-electron chi connectivity index (χ0n) is 10.2. The van der Waals surface area contributed by atoms with Crippen molar-refractivity contribution < 1.29 is 14.2 Å². The topological polar surface area (TPSA) is 29.5 Å². The maximum absolute atomic E-state index is 13.1. The van der Waals surface area contributed by atoms with E-state index in [-0.39, 0.29) is 11.9 Å². The van der Waals surface area contributed by atoms with Gasteiger partial charge in [-0.15, -0.1) is 0 Å². The Balaban J connectivity index is 1.93. The molecule has 0 spiro atoms. The Hall–Kier alpha value is -0.930. The van der Waals surface area contributed by atoms with E-state index in [1.165, 1.54) is 12.1 Å². The van der Waals surface area contributed by atoms with E-state index < -0.39 is 6.10 Å². The molecule has 2 atom stereocenters. The van der Waals surface area contributed by atoms with E-state index >= 15 is 0 Å². The molecule has 0 radical (unpaired) electrons. The van der Waals surface area contributed by atoms with E-state index in [9.17, 15) is 9.50 Å². The van der Waals surface area contributed by atoms with Crippen LogP contribution in [0.15, 0.2) is 18.2 Å². The first-order valence-electron chi connectivity index (χ1n) is 6.22. The molecule has 94 valence electrons. The summed E-state index contributed by atoms with van der Waals surface area (Å²) in [5.74, 6) is -0.290. The highest BCUT2D eigenvalue weighted by Crippen LogP contribution is 2.26. The number of hydrogen-bond acceptors (Lipinski definition) is 2. The van der Waals surface area contributed by atoms with E-state index in [0.29, 0.717) is 12.0 Å². The van der Waals surface area contributed by atoms with Crippen molar-refractivity contribution in [3.05, 3.63) is 35.1 Å². The van der Waals surface area contributed by atoms with Crippen LogP contribution < -0.4 is 0 Å². The van der Waals surface area contributed by atoms with E-state index in [2.05, 4.69) is 0 Å². The standard InChI is InChI=1S/C14H19FO2/c1-10-4-5-11(15)9-13(10)14(16)7-6-12-3-2-8-17-12/h4-5,9,12,14,16H,2-3,6-8H2,1H3. The van der Waals surface area contributed by atoms with Gasteiger partial charge in [-0.3, -0.25) is 0 Å². The Morgan fingerprint density at radius 2 is 2.35 bits per heavy atom. The van der Waals surface area contributed by atoms with Crippen molar-refractivity contribution in [1.29, 1.82) is 0 Å². The van der Waals surface area contributed by atoms with Gasteiger partial charge in [0.05, 0.1) is 12.2 Å². The predicted octanol–water partition coefficient (Wildman–Crippen LogP) is 3.13. The predicted molar refractivity (Wildman–Crippen MR) is 64.3 cm³/mol. The summed E-state index contributed by atoms with van der Waals surface area (Å²) in [4.78, 5) is 0. The molecule has 2 nitrogen and oxygen atoms in total. The lowest BCUT2D eigenvalue weighted by Gasteiger charge is -2.16. The van der Waals surface area contributed by atoms with Gasteiger partial charge in [-0.2, -0.15) is 0 Å². The van der Waals surface area contributed by atoms with Crippen molar-refractivity contribution in [2.45, 2.75) is 44.8 Å². The summed E-state index contributed by atoms with van der Waals surface area (Å²) in [6.07, 6.45) is 3.36. The molecule has 0 amide bonds. The minimum absolute atomic E-state index is 0.276. The van der Waals surface area contributed by atoms with Crippen molar-refractivity contribution in [3.63, 3.8) is 0 Å². The fourth-order valence-corrected chi connectivity index (χ4v) is 2.34. The lowest BCUT2D eigenvalue weighted by molar-refractivity contribution is 0.0810. The number of halogens is 1. The molecule has 1 saturated heterocycles. The molecule has 0 bridgehead atoms. The molecule has 1 aromatic carbocycles. The fourth-order valence-electron chi connectivity index (χ4n) is 2.34. The lowest BCUT2D eigenvalue weighted by atomic mass is 9.98. The minimum Gasteiger partial charge on any atom is -0.388 e. The highest BCUT2D eigenvalue weighted by molar-refractivity contribution is 5.28. The number of aliphatic hydroxyl groups is 1. The van der Waals surface area contributed by atoms with E-state index in [1.54, 1.807) is 6.07 Å². The molecule has 1 aliphatic rings. The average Bonchev–Trinajstić information content (AvgIpc) is 2.82. The molecule has 1 heterocycles. The van der Waals surface area contributed by atoms with Crippen LogP contribution in [-0.4, -0.2) is 17.8 Å². The van der Waals surface area contributed by atoms with Gasteiger partial charge in [-0.1, -0.05) is 6.07 Å². The Labute approximate surface area is 101 Å². The molecule has 1 N–H and O–H groups in total. The van der Waals surface area contributed by atoms with Gasteiger partial charge in [0, 0.05) is 6.61 Å². The zero-order chi connectivity index (χ0) is 12.3. The highest BCUT2D eigenvalue weighted by Gasteiger charge is 2.18. The Morgan fingerprint density at radius 1 is 1.53 bits per heavy atom. The molecular weight excluding hydrogens is 219 g/mol. The summed E-state index contributed by atoms with van der Waals surface area (Å²) in [5, 5.41) is 10.1. The Kier molecular flexibility index (Phi) is 4.13. The second-order valence-corrected chi connectivity index (χ2v) is 4.73. The first-order valence-corrected chi connectivity index (χ1v) is 6.22. The average molecular weight is 238 g/mol. The summed E-state index contributed by atoms with van der Waals surface area (Å²) < 4.78 is 18.6. The van der Waals surface area contributed by atoms with Crippen LogP contribution in [0.1, 0.15) is 42.9 Å². The smallest absolute Gasteiger partial charge is 0.123 e. The Morgan fingerprint density at radius 3 is 3.06 bits per heavy atom. The first kappa shape index (κ1) is 12.5. The van der Waals surface area contributed by atoms with Crippen molar-refractivity contribution >= 4 is 0 Å². The maximum Gasteiger partial charge on any atom is 0.123 e. The van der Waals surface area contributed by atoms with Crippen LogP contribution in [0, 0.1) is 12.7 Å². The van der Waals surface area contributed by atoms with E-state index in [4.69, 9.17) is 4.74 Å². The molecular formula is C14H19FO2. The molecule has 0 saturated carbocycles. The van der Waals surface area contributed by atoms with Gasteiger partial charge >= 0.3 is 0 Å². The summed E-state index contributed by atoms with van der Waals surface area (Å²) in [6, 6.07) is 4.56. The highest BCUT2D eigenvalue weighted by atomic mass is 19.1. The van der Waals surface area contributed by atoms with Crippen molar-refractivity contribution in [2.75, 3.05) is 6.61 Å². The third kappa shape index (κ3) is 3.27. The van der Waals surface area contributed by atoms with Crippen LogP contribution in [-0.2, 0) is 4.74 Å². The van der Waals surface area contributed by atoms with Crippen molar-refractivity contribution in [3.8, 4) is 0 Å². The number of rotatable bonds is 4. The summed E-state index contributed by atoms with van der Waals surface area (Å²) in [6.45, 7) is 2.73. The van der Waals surface area contributed by atoms with Crippen LogP contribution in [0.25, 0.3) is 0 Å². The number of hydrogen-bond donors (Lipinski definition) is 1. The van der Waals surface area contributed by atoms with Gasteiger partial charge in [-0.05, 0) is 55.9 Å². The lowest BCUT2D eigenvalue weighted by Crippen LogP contribution is -2.08. The quantitative estimate of drug-likeness (QED) is 0.873. The second-order valence-electron chi connectivity index (χ2n) is 4.73. The molecule has 0 aromatic heterocycles. The molecule has 17 heavy (non-hydrogen) atoms. The summed E-state index contributed by atoms with van der Waals surface area (Å²) >= 11 is 0. The SMILES string of the molecule is Cc1ccc(F)cc1C(O)CCC1CCCO1. The van der Waals surface area contributed by atoms with Gasteiger partial charge in [0.2, 0.25) is 0 Å². The summed E-state index contributed by atoms with van der Waals surface area (Å²) in [5.41, 5.74) is 1.63. The third-order valence-electron chi connectivity index (χ3n) is 3.39. The minimum atomic E-state index is -0.588. The molecule has 3 heteroatoms. The van der Waals surface area contributed by atoms with Gasteiger partial charge in [0.25, 0.3) is 0 Å². The van der Waals surface area contributed by atoms with Gasteiger partial charge < -0.3 is 9.84 Å². The van der Waals surface area contributed by atoms with Crippen LogP contribution in [0.4, 0.5) is 4.39 Å². The normalized spacial score (nSPS) is 21.7. The van der Waals surface area contributed by atoms with Crippen molar-refractivity contribution in [1.82, 2.24) is 0 Å². The third-order valence-corrected chi connectivity index (χ3v) is 3.39. The molecule has 2 unspecified atom stereocenters. The van der Waals surface area contributed by atoms with Crippen LogP contribution in [0.2, 0.25) is 0 Å². The first-order chi connectivity index (χ1) is 8.16. The van der Waals surface area contributed by atoms with Gasteiger partial charge in [0.15, 0.2) is 0 Å². The monoisotopic (exact) mass is 238 g/mol. The number of ether oxygens (including phenoxy) is 1. The van der Waals surface area contributed by atoms with Gasteiger partial charge in [0.1, 0.15) is 5.82 Å². The van der Waals surface area contributed by atoms with Crippen molar-refractivity contribution in [2.24, 2.45) is 0 Å². The molecule has 2 rings (SSSR count).